The van der Waals surface area contributed by atoms with Gasteiger partial charge in [0.2, 0.25) is 0 Å². The molecule has 3 nitrogen and oxygen atoms in total. The van der Waals surface area contributed by atoms with Crippen LogP contribution in [0.15, 0.2) is 24.3 Å². The Bertz CT molecular complexity index is 533. The summed E-state index contributed by atoms with van der Waals surface area (Å²) in [5.41, 5.74) is 6.66. The Morgan fingerprint density at radius 1 is 1.38 bits per heavy atom. The fourth-order valence-electron chi connectivity index (χ4n) is 1.37. The topological polar surface area (TPSA) is 56.0 Å². The van der Waals surface area contributed by atoms with Crippen molar-refractivity contribution in [3.05, 3.63) is 35.8 Å². The van der Waals surface area contributed by atoms with Crippen LogP contribution in [0, 0.1) is 5.82 Å². The van der Waals surface area contributed by atoms with Crippen molar-refractivity contribution in [1.82, 2.24) is 4.98 Å². The molecule has 82 valence electrons. The lowest BCUT2D eigenvalue weighted by molar-refractivity contribution is 0.101. The van der Waals surface area contributed by atoms with Gasteiger partial charge in [0.25, 0.3) is 0 Å². The lowest BCUT2D eigenvalue weighted by Gasteiger charge is -1.98. The van der Waals surface area contributed by atoms with Crippen LogP contribution in [0.1, 0.15) is 17.4 Å². The van der Waals surface area contributed by atoms with Crippen molar-refractivity contribution in [3.8, 4) is 10.4 Å². The number of hydrogen-bond acceptors (Lipinski definition) is 4. The minimum atomic E-state index is -0.314. The minimum Gasteiger partial charge on any atom is -0.375 e. The molecule has 0 fully saturated rings. The molecule has 0 aliphatic heterocycles. The van der Waals surface area contributed by atoms with E-state index in [2.05, 4.69) is 4.98 Å². The van der Waals surface area contributed by atoms with Crippen LogP contribution in [-0.4, -0.2) is 10.8 Å². The van der Waals surface area contributed by atoms with Crippen molar-refractivity contribution in [3.63, 3.8) is 0 Å². The van der Waals surface area contributed by atoms with Crippen LogP contribution >= 0.6 is 11.3 Å². The van der Waals surface area contributed by atoms with E-state index in [4.69, 9.17) is 5.73 Å². The molecular formula is C11H9FN2OS. The van der Waals surface area contributed by atoms with Gasteiger partial charge in [0, 0.05) is 6.92 Å². The first kappa shape index (κ1) is 10.8. The summed E-state index contributed by atoms with van der Waals surface area (Å²) >= 11 is 1.23. The molecule has 0 aliphatic carbocycles. The van der Waals surface area contributed by atoms with Crippen LogP contribution in [0.3, 0.4) is 0 Å². The third-order valence-electron chi connectivity index (χ3n) is 2.08. The number of nitrogens with zero attached hydrogens (tertiary/aromatic N) is 1. The molecule has 1 aromatic heterocycles. The fraction of sp³-hybridized carbons (Fsp3) is 0.0909. The van der Waals surface area contributed by atoms with E-state index < -0.39 is 0 Å². The number of hydrogen-bond donors (Lipinski definition) is 1. The zero-order chi connectivity index (χ0) is 11.7. The smallest absolute Gasteiger partial charge is 0.181 e. The van der Waals surface area contributed by atoms with E-state index in [0.717, 1.165) is 5.56 Å². The SMILES string of the molecule is CC(=O)c1nc(N)sc1-c1ccc(F)cc1. The Balaban J connectivity index is 2.55. The Kier molecular flexibility index (Phi) is 2.70. The lowest BCUT2D eigenvalue weighted by atomic mass is 10.1. The lowest BCUT2D eigenvalue weighted by Crippen LogP contribution is -1.95. The number of rotatable bonds is 2. The van der Waals surface area contributed by atoms with Crippen LogP contribution in [-0.2, 0) is 0 Å². The molecular weight excluding hydrogens is 227 g/mol. The highest BCUT2D eigenvalue weighted by Gasteiger charge is 2.15. The van der Waals surface area contributed by atoms with E-state index in [0.29, 0.717) is 15.7 Å². The first-order valence-electron chi connectivity index (χ1n) is 4.61. The first-order chi connectivity index (χ1) is 7.58. The highest BCUT2D eigenvalue weighted by atomic mass is 32.1. The molecule has 5 heteroatoms. The summed E-state index contributed by atoms with van der Waals surface area (Å²) < 4.78 is 12.8. The molecule has 0 aliphatic rings. The van der Waals surface area contributed by atoms with Crippen molar-refractivity contribution in [2.24, 2.45) is 0 Å². The van der Waals surface area contributed by atoms with Gasteiger partial charge in [-0.05, 0) is 17.7 Å². The molecule has 16 heavy (non-hydrogen) atoms. The van der Waals surface area contributed by atoms with Gasteiger partial charge in [-0.25, -0.2) is 9.37 Å². The summed E-state index contributed by atoms with van der Waals surface area (Å²) in [6.07, 6.45) is 0. The molecule has 0 saturated carbocycles. The van der Waals surface area contributed by atoms with Crippen molar-refractivity contribution in [1.29, 1.82) is 0 Å². The third-order valence-corrected chi connectivity index (χ3v) is 3.02. The van der Waals surface area contributed by atoms with Crippen LogP contribution in [0.4, 0.5) is 9.52 Å². The normalized spacial score (nSPS) is 10.4. The van der Waals surface area contributed by atoms with Gasteiger partial charge in [0.1, 0.15) is 11.5 Å². The molecule has 0 spiro atoms. The van der Waals surface area contributed by atoms with Gasteiger partial charge in [-0.1, -0.05) is 23.5 Å². The number of nitrogens with two attached hydrogens (primary N) is 1. The average Bonchev–Trinajstić information content (AvgIpc) is 2.61. The summed E-state index contributed by atoms with van der Waals surface area (Å²) in [7, 11) is 0. The van der Waals surface area contributed by atoms with Crippen molar-refractivity contribution >= 4 is 22.3 Å². The number of Topliss-reactive ketones (excluding diaryl/α,β-unsaturated/α-hetero) is 1. The highest BCUT2D eigenvalue weighted by Crippen LogP contribution is 2.31. The quantitative estimate of drug-likeness (QED) is 0.816. The Morgan fingerprint density at radius 3 is 2.56 bits per heavy atom. The average molecular weight is 236 g/mol. The largest absolute Gasteiger partial charge is 0.375 e. The van der Waals surface area contributed by atoms with E-state index in [1.807, 2.05) is 0 Å². The van der Waals surface area contributed by atoms with Crippen LogP contribution in [0.5, 0.6) is 0 Å². The maximum atomic E-state index is 12.8. The molecule has 2 rings (SSSR count). The van der Waals surface area contributed by atoms with Crippen molar-refractivity contribution in [2.75, 3.05) is 5.73 Å². The number of carbonyl (C=O) groups excluding carboxylic acids is 1. The molecule has 2 aromatic rings. The molecule has 2 N–H and O–H groups in total. The van der Waals surface area contributed by atoms with Crippen LogP contribution < -0.4 is 5.73 Å². The van der Waals surface area contributed by atoms with Gasteiger partial charge in [0.05, 0.1) is 4.88 Å². The molecule has 0 saturated heterocycles. The maximum absolute atomic E-state index is 12.8. The van der Waals surface area contributed by atoms with Gasteiger partial charge in [0.15, 0.2) is 10.9 Å². The number of halogens is 1. The van der Waals surface area contributed by atoms with E-state index >= 15 is 0 Å². The Morgan fingerprint density at radius 2 is 2.00 bits per heavy atom. The van der Waals surface area contributed by atoms with Crippen LogP contribution in [0.2, 0.25) is 0 Å². The monoisotopic (exact) mass is 236 g/mol. The third kappa shape index (κ3) is 1.94. The molecule has 0 bridgehead atoms. The highest BCUT2D eigenvalue weighted by molar-refractivity contribution is 7.19. The molecule has 0 amide bonds. The van der Waals surface area contributed by atoms with E-state index in [9.17, 15) is 9.18 Å². The van der Waals surface area contributed by atoms with Gasteiger partial charge in [-0.15, -0.1) is 0 Å². The number of benzene rings is 1. The second-order valence-electron chi connectivity index (χ2n) is 3.29. The molecule has 0 atom stereocenters. The summed E-state index contributed by atoms with van der Waals surface area (Å²) in [5, 5.41) is 0.338. The predicted octanol–water partition coefficient (Wildman–Crippen LogP) is 2.73. The van der Waals surface area contributed by atoms with Crippen molar-refractivity contribution < 1.29 is 9.18 Å². The maximum Gasteiger partial charge on any atom is 0.181 e. The molecule has 1 aromatic carbocycles. The summed E-state index contributed by atoms with van der Waals surface area (Å²) in [6.45, 7) is 1.43. The number of ketones is 1. The zero-order valence-electron chi connectivity index (χ0n) is 8.53. The van der Waals surface area contributed by atoms with E-state index in [-0.39, 0.29) is 11.6 Å². The number of nitrogen functional groups attached to an aromatic ring is 1. The number of thiazole rings is 1. The summed E-state index contributed by atoms with van der Waals surface area (Å²) in [6, 6.07) is 5.90. The van der Waals surface area contributed by atoms with E-state index in [1.165, 1.54) is 30.4 Å². The van der Waals surface area contributed by atoms with Gasteiger partial charge < -0.3 is 5.73 Å². The molecule has 0 unspecified atom stereocenters. The fourth-order valence-corrected chi connectivity index (χ4v) is 2.26. The summed E-state index contributed by atoms with van der Waals surface area (Å²) in [4.78, 5) is 16.0. The standard InChI is InChI=1S/C11H9FN2OS/c1-6(15)9-10(16-11(13)14-9)7-2-4-8(12)5-3-7/h2-5H,1H3,(H2,13,14). The number of carbonyl (C=O) groups is 1. The summed E-state index contributed by atoms with van der Waals surface area (Å²) in [5.74, 6) is -0.460. The van der Waals surface area contributed by atoms with Crippen LogP contribution in [0.25, 0.3) is 10.4 Å². The van der Waals surface area contributed by atoms with E-state index in [1.54, 1.807) is 12.1 Å². The Labute approximate surface area is 95.7 Å². The van der Waals surface area contributed by atoms with Gasteiger partial charge in [-0.3, -0.25) is 4.79 Å². The first-order valence-corrected chi connectivity index (χ1v) is 5.43. The minimum absolute atomic E-state index is 0.146. The predicted molar refractivity (Wildman–Crippen MR) is 61.9 cm³/mol. The zero-order valence-corrected chi connectivity index (χ0v) is 9.34. The number of anilines is 1. The van der Waals surface area contributed by atoms with Crippen molar-refractivity contribution in [2.45, 2.75) is 6.92 Å². The molecule has 1 heterocycles. The van der Waals surface area contributed by atoms with Gasteiger partial charge >= 0.3 is 0 Å². The van der Waals surface area contributed by atoms with Gasteiger partial charge in [-0.2, -0.15) is 0 Å². The second kappa shape index (κ2) is 4.02. The molecule has 0 radical (unpaired) electrons. The Hall–Kier alpha value is -1.75. The number of aromatic nitrogens is 1. The second-order valence-corrected chi connectivity index (χ2v) is 4.32.